The molecule has 0 amide bonds. The van der Waals surface area contributed by atoms with Crippen LogP contribution in [0.15, 0.2) is 42.5 Å². The molecular weight excluding hydrogens is 283 g/mol. The maximum Gasteiger partial charge on any atom is 0.125 e. The van der Waals surface area contributed by atoms with Gasteiger partial charge in [0.15, 0.2) is 0 Å². The Morgan fingerprint density at radius 1 is 1.05 bits per heavy atom. The largest absolute Gasteiger partial charge is 0.496 e. The molecule has 1 atom stereocenters. The first kappa shape index (κ1) is 14.2. The molecule has 0 spiro atoms. The van der Waals surface area contributed by atoms with E-state index in [1.54, 1.807) is 38.3 Å². The molecule has 2 aromatic rings. The number of para-hydroxylation sites is 1. The van der Waals surface area contributed by atoms with E-state index in [0.717, 1.165) is 0 Å². The first-order valence-electron chi connectivity index (χ1n) is 5.78. The van der Waals surface area contributed by atoms with Gasteiger partial charge in [0.05, 0.1) is 17.2 Å². The van der Waals surface area contributed by atoms with Crippen molar-refractivity contribution in [2.45, 2.75) is 12.5 Å². The topological polar surface area (TPSA) is 29.5 Å². The average molecular weight is 297 g/mol. The van der Waals surface area contributed by atoms with Gasteiger partial charge in [0.1, 0.15) is 11.4 Å². The molecular formula is C15H14Cl2O2. The van der Waals surface area contributed by atoms with Crippen molar-refractivity contribution in [3.63, 3.8) is 0 Å². The van der Waals surface area contributed by atoms with E-state index >= 15 is 0 Å². The van der Waals surface area contributed by atoms with Gasteiger partial charge >= 0.3 is 0 Å². The van der Waals surface area contributed by atoms with Gasteiger partial charge < -0.3 is 9.84 Å². The first-order chi connectivity index (χ1) is 8.96. The van der Waals surface area contributed by atoms with Crippen molar-refractivity contribution in [1.29, 1.82) is 0 Å². The molecule has 0 radical (unpaired) electrons. The Labute approximate surface area is 122 Å². The highest BCUT2D eigenvalue weighted by atomic mass is 35.5. The van der Waals surface area contributed by atoms with Crippen molar-refractivity contribution in [1.82, 2.24) is 0 Å². The third-order valence-corrected chi connectivity index (χ3v) is 3.85. The summed E-state index contributed by atoms with van der Waals surface area (Å²) < 4.78 is 5.29. The fraction of sp³-hybridized carbons (Fsp3) is 0.200. The Morgan fingerprint density at radius 2 is 1.74 bits per heavy atom. The molecule has 1 unspecified atom stereocenters. The lowest BCUT2D eigenvalue weighted by Gasteiger charge is -2.26. The molecule has 0 fully saturated rings. The summed E-state index contributed by atoms with van der Waals surface area (Å²) in [4.78, 5) is 0. The minimum absolute atomic E-state index is 0.411. The summed E-state index contributed by atoms with van der Waals surface area (Å²) in [7, 11) is 1.57. The van der Waals surface area contributed by atoms with Gasteiger partial charge in [0.2, 0.25) is 0 Å². The second-order valence-electron chi connectivity index (χ2n) is 4.40. The molecule has 1 N–H and O–H groups in total. The Hall–Kier alpha value is -1.22. The third kappa shape index (κ3) is 2.71. The van der Waals surface area contributed by atoms with E-state index in [2.05, 4.69) is 0 Å². The van der Waals surface area contributed by atoms with Crippen LogP contribution in [-0.2, 0) is 5.60 Å². The molecule has 0 saturated carbocycles. The molecule has 0 aliphatic heterocycles. The van der Waals surface area contributed by atoms with Gasteiger partial charge in [-0.25, -0.2) is 0 Å². The van der Waals surface area contributed by atoms with Crippen LogP contribution in [0.5, 0.6) is 5.75 Å². The summed E-state index contributed by atoms with van der Waals surface area (Å²) >= 11 is 11.9. The standard InChI is InChI=1S/C15H14Cl2O2/c1-15(18,10-7-8-12(16)13(17)9-10)11-5-3-4-6-14(11)19-2/h3-9,18H,1-2H3. The summed E-state index contributed by atoms with van der Waals surface area (Å²) in [6.07, 6.45) is 0. The van der Waals surface area contributed by atoms with Crippen molar-refractivity contribution in [2.24, 2.45) is 0 Å². The summed E-state index contributed by atoms with van der Waals surface area (Å²) in [5.74, 6) is 0.624. The van der Waals surface area contributed by atoms with Gasteiger partial charge in [-0.2, -0.15) is 0 Å². The molecule has 0 aromatic heterocycles. The van der Waals surface area contributed by atoms with Crippen LogP contribution in [0.2, 0.25) is 10.0 Å². The Bertz CT molecular complexity index is 594. The fourth-order valence-electron chi connectivity index (χ4n) is 2.00. The number of ether oxygens (including phenoxy) is 1. The monoisotopic (exact) mass is 296 g/mol. The number of benzene rings is 2. The van der Waals surface area contributed by atoms with Crippen LogP contribution in [0.1, 0.15) is 18.1 Å². The summed E-state index contributed by atoms with van der Waals surface area (Å²) in [6.45, 7) is 1.70. The summed E-state index contributed by atoms with van der Waals surface area (Å²) in [5.41, 5.74) is 0.128. The van der Waals surface area contributed by atoms with Crippen molar-refractivity contribution >= 4 is 23.2 Å². The predicted molar refractivity (Wildman–Crippen MR) is 78.1 cm³/mol. The molecule has 4 heteroatoms. The number of methoxy groups -OCH3 is 1. The van der Waals surface area contributed by atoms with Crippen LogP contribution in [0.4, 0.5) is 0 Å². The quantitative estimate of drug-likeness (QED) is 0.917. The molecule has 2 rings (SSSR count). The van der Waals surface area contributed by atoms with E-state index in [4.69, 9.17) is 27.9 Å². The lowest BCUT2D eigenvalue weighted by Crippen LogP contribution is -2.23. The van der Waals surface area contributed by atoms with Gasteiger partial charge in [-0.3, -0.25) is 0 Å². The van der Waals surface area contributed by atoms with Crippen LogP contribution < -0.4 is 4.74 Å². The maximum atomic E-state index is 10.8. The maximum absolute atomic E-state index is 10.8. The fourth-order valence-corrected chi connectivity index (χ4v) is 2.30. The second kappa shape index (κ2) is 5.41. The van der Waals surface area contributed by atoms with E-state index in [9.17, 15) is 5.11 Å². The predicted octanol–water partition coefficient (Wildman–Crippen LogP) is 4.26. The van der Waals surface area contributed by atoms with Crippen molar-refractivity contribution in [3.05, 3.63) is 63.6 Å². The van der Waals surface area contributed by atoms with Gasteiger partial charge in [0.25, 0.3) is 0 Å². The summed E-state index contributed by atoms with van der Waals surface area (Å²) in [6, 6.07) is 12.4. The zero-order chi connectivity index (χ0) is 14.0. The normalized spacial score (nSPS) is 13.9. The molecule has 0 heterocycles. The smallest absolute Gasteiger partial charge is 0.125 e. The number of halogens is 2. The molecule has 2 aromatic carbocycles. The van der Waals surface area contributed by atoms with Gasteiger partial charge in [-0.05, 0) is 30.7 Å². The van der Waals surface area contributed by atoms with Crippen LogP contribution in [0, 0.1) is 0 Å². The van der Waals surface area contributed by atoms with Gasteiger partial charge in [0, 0.05) is 5.56 Å². The highest BCUT2D eigenvalue weighted by Crippen LogP contribution is 2.37. The Kier molecular flexibility index (Phi) is 4.04. The third-order valence-electron chi connectivity index (χ3n) is 3.11. The SMILES string of the molecule is COc1ccccc1C(C)(O)c1ccc(Cl)c(Cl)c1. The molecule has 19 heavy (non-hydrogen) atoms. The molecule has 100 valence electrons. The highest BCUT2D eigenvalue weighted by molar-refractivity contribution is 6.42. The number of aliphatic hydroxyl groups is 1. The molecule has 0 aliphatic carbocycles. The Morgan fingerprint density at radius 3 is 2.37 bits per heavy atom. The minimum atomic E-state index is -1.21. The first-order valence-corrected chi connectivity index (χ1v) is 6.54. The lowest BCUT2D eigenvalue weighted by molar-refractivity contribution is 0.0990. The second-order valence-corrected chi connectivity index (χ2v) is 5.22. The van der Waals surface area contributed by atoms with Crippen LogP contribution in [0.25, 0.3) is 0 Å². The number of hydrogen-bond acceptors (Lipinski definition) is 2. The lowest BCUT2D eigenvalue weighted by atomic mass is 9.87. The van der Waals surface area contributed by atoms with E-state index in [-0.39, 0.29) is 0 Å². The van der Waals surface area contributed by atoms with E-state index in [1.165, 1.54) is 0 Å². The summed E-state index contributed by atoms with van der Waals surface area (Å²) in [5, 5.41) is 11.7. The van der Waals surface area contributed by atoms with E-state index in [1.807, 2.05) is 18.2 Å². The van der Waals surface area contributed by atoms with E-state index in [0.29, 0.717) is 26.9 Å². The van der Waals surface area contributed by atoms with Crippen molar-refractivity contribution in [3.8, 4) is 5.75 Å². The highest BCUT2D eigenvalue weighted by Gasteiger charge is 2.29. The number of hydrogen-bond donors (Lipinski definition) is 1. The molecule has 2 nitrogen and oxygen atoms in total. The molecule has 0 bridgehead atoms. The molecule has 0 aliphatic rings. The minimum Gasteiger partial charge on any atom is -0.496 e. The van der Waals surface area contributed by atoms with Gasteiger partial charge in [-0.15, -0.1) is 0 Å². The zero-order valence-corrected chi connectivity index (χ0v) is 12.2. The van der Waals surface area contributed by atoms with Crippen LogP contribution in [0.3, 0.4) is 0 Å². The van der Waals surface area contributed by atoms with Crippen molar-refractivity contribution < 1.29 is 9.84 Å². The van der Waals surface area contributed by atoms with Crippen LogP contribution >= 0.6 is 23.2 Å². The number of rotatable bonds is 3. The van der Waals surface area contributed by atoms with Gasteiger partial charge in [-0.1, -0.05) is 47.5 Å². The van der Waals surface area contributed by atoms with E-state index < -0.39 is 5.60 Å². The molecule has 0 saturated heterocycles. The average Bonchev–Trinajstić information content (AvgIpc) is 2.41. The zero-order valence-electron chi connectivity index (χ0n) is 10.7. The van der Waals surface area contributed by atoms with Crippen LogP contribution in [-0.4, -0.2) is 12.2 Å². The Balaban J connectivity index is 2.54. The van der Waals surface area contributed by atoms with Crippen molar-refractivity contribution in [2.75, 3.05) is 7.11 Å².